The molecule has 196 valence electrons. The third-order valence-electron chi connectivity index (χ3n) is 4.77. The highest BCUT2D eigenvalue weighted by Gasteiger charge is 2.20. The first kappa shape index (κ1) is 30.3. The predicted molar refractivity (Wildman–Crippen MR) is 125 cm³/mol. The summed E-state index contributed by atoms with van der Waals surface area (Å²) in [7, 11) is -1.88. The fourth-order valence-electron chi connectivity index (χ4n) is 2.90. The first-order valence-corrected chi connectivity index (χ1v) is 12.5. The Morgan fingerprint density at radius 2 is 1.74 bits per heavy atom. The number of nitrogens with two attached hydrogens (primary N) is 1. The maximum Gasteiger partial charge on any atom is 0.326 e. The molecule has 0 aromatic carbocycles. The Hall–Kier alpha value is -2.73. The predicted octanol–water partition coefficient (Wildman–Crippen LogP) is 0.951. The molecule has 2 unspecified atom stereocenters. The van der Waals surface area contributed by atoms with Gasteiger partial charge in [-0.15, -0.1) is 0 Å². The van der Waals surface area contributed by atoms with Gasteiger partial charge in [-0.25, -0.2) is 9.78 Å². The molecule has 1 aromatic heterocycles. The lowest BCUT2D eigenvalue weighted by molar-refractivity contribution is -0.142. The molecule has 1 rings (SSSR count). The second-order valence-electron chi connectivity index (χ2n) is 7.63. The summed E-state index contributed by atoms with van der Waals surface area (Å²) in [6, 6.07) is 1.26. The van der Waals surface area contributed by atoms with Crippen molar-refractivity contribution in [1.82, 2.24) is 20.9 Å². The highest BCUT2D eigenvalue weighted by Crippen LogP contribution is 2.19. The normalized spacial score (nSPS) is 12.4. The number of amides is 3. The second-order valence-corrected chi connectivity index (χ2v) is 8.49. The Balaban J connectivity index is 2.15. The fourth-order valence-corrected chi connectivity index (χ4v) is 3.22. The van der Waals surface area contributed by atoms with Crippen LogP contribution >= 0.6 is 8.53 Å². The van der Waals surface area contributed by atoms with E-state index < -0.39 is 32.4 Å². The molecule has 35 heavy (non-hydrogen) atoms. The molecule has 0 aliphatic rings. The molecule has 0 aliphatic heterocycles. The van der Waals surface area contributed by atoms with Crippen LogP contribution in [0.2, 0.25) is 0 Å². The van der Waals surface area contributed by atoms with Crippen molar-refractivity contribution in [2.75, 3.05) is 19.7 Å². The van der Waals surface area contributed by atoms with Gasteiger partial charge in [-0.05, 0) is 44.2 Å². The summed E-state index contributed by atoms with van der Waals surface area (Å²) in [6.45, 7) is 1.03. The van der Waals surface area contributed by atoms with Crippen LogP contribution in [0.1, 0.15) is 61.7 Å². The van der Waals surface area contributed by atoms with E-state index in [9.17, 15) is 28.7 Å². The summed E-state index contributed by atoms with van der Waals surface area (Å²) in [4.78, 5) is 59.4. The number of carboxylic acids is 1. The largest absolute Gasteiger partial charge is 0.480 e. The second kappa shape index (κ2) is 17.7. The van der Waals surface area contributed by atoms with E-state index in [-0.39, 0.29) is 43.2 Å². The van der Waals surface area contributed by atoms with Crippen LogP contribution in [0.25, 0.3) is 0 Å². The van der Waals surface area contributed by atoms with Crippen molar-refractivity contribution in [3.05, 3.63) is 29.8 Å². The van der Waals surface area contributed by atoms with E-state index in [1.54, 1.807) is 0 Å². The maximum absolute atomic E-state index is 12.8. The lowest BCUT2D eigenvalue weighted by Crippen LogP contribution is -2.41. The number of nitrogens with zero attached hydrogens (tertiary/aromatic N) is 1. The molecule has 0 saturated carbocycles. The summed E-state index contributed by atoms with van der Waals surface area (Å²) in [5.41, 5.74) is 5.33. The molecule has 2 atom stereocenters. The van der Waals surface area contributed by atoms with Gasteiger partial charge in [0.05, 0.1) is 12.2 Å². The zero-order valence-electron chi connectivity index (χ0n) is 19.4. The van der Waals surface area contributed by atoms with Crippen LogP contribution in [0.15, 0.2) is 18.3 Å². The molecule has 14 heteroatoms. The number of carbonyl (C=O) groups is 4. The van der Waals surface area contributed by atoms with E-state index in [0.717, 1.165) is 12.3 Å². The first-order valence-electron chi connectivity index (χ1n) is 11.2. The number of carboxylic acid groups (broad SMARTS) is 1. The quantitative estimate of drug-likeness (QED) is 0.0934. The monoisotopic (exact) mass is 517 g/mol. The summed E-state index contributed by atoms with van der Waals surface area (Å²) >= 11 is 0. The molecule has 1 heterocycles. The molecule has 0 spiro atoms. The molecule has 0 bridgehead atoms. The minimum absolute atomic E-state index is 0.0394. The zero-order valence-corrected chi connectivity index (χ0v) is 20.3. The molecule has 0 fully saturated rings. The molecule has 7 N–H and O–H groups in total. The maximum atomic E-state index is 12.8. The van der Waals surface area contributed by atoms with Crippen LogP contribution in [-0.2, 0) is 18.9 Å². The van der Waals surface area contributed by atoms with Crippen molar-refractivity contribution in [3.8, 4) is 0 Å². The Bertz CT molecular complexity index is 814. The molecule has 12 nitrogen and oxygen atoms in total. The van der Waals surface area contributed by atoms with Crippen molar-refractivity contribution in [2.45, 2.75) is 57.4 Å². The van der Waals surface area contributed by atoms with Crippen LogP contribution in [0.5, 0.6) is 0 Å². The number of pyridine rings is 1. The van der Waals surface area contributed by atoms with Crippen LogP contribution in [0, 0.1) is 5.95 Å². The SMILES string of the molecule is NP(O)OCCCCNC(=O)CCC(NC(=O)CCCCCNC(=O)c1ccc(F)nc1)C(=O)O. The van der Waals surface area contributed by atoms with Gasteiger partial charge in [0.25, 0.3) is 5.91 Å². The van der Waals surface area contributed by atoms with Crippen molar-refractivity contribution >= 4 is 32.2 Å². The highest BCUT2D eigenvalue weighted by molar-refractivity contribution is 7.43. The van der Waals surface area contributed by atoms with Gasteiger partial charge in [-0.1, -0.05) is 6.42 Å². The number of carbonyl (C=O) groups excluding carboxylic acids is 3. The van der Waals surface area contributed by atoms with Gasteiger partial charge in [0.15, 0.2) is 0 Å². The van der Waals surface area contributed by atoms with E-state index in [1.807, 2.05) is 0 Å². The van der Waals surface area contributed by atoms with E-state index in [1.165, 1.54) is 6.07 Å². The molecule has 0 aliphatic carbocycles. The molecule has 1 aromatic rings. The molecular formula is C21H33FN5O7P. The molecule has 0 saturated heterocycles. The number of halogens is 1. The average Bonchev–Trinajstić information content (AvgIpc) is 2.81. The van der Waals surface area contributed by atoms with Gasteiger partial charge >= 0.3 is 5.97 Å². The molecule has 0 radical (unpaired) electrons. The van der Waals surface area contributed by atoms with Crippen LogP contribution < -0.4 is 21.5 Å². The van der Waals surface area contributed by atoms with E-state index in [2.05, 4.69) is 20.9 Å². The minimum Gasteiger partial charge on any atom is -0.480 e. The van der Waals surface area contributed by atoms with E-state index in [0.29, 0.717) is 45.2 Å². The number of nitrogens with one attached hydrogen (secondary N) is 3. The zero-order chi connectivity index (χ0) is 26.1. The van der Waals surface area contributed by atoms with Gasteiger partial charge in [-0.3, -0.25) is 19.9 Å². The van der Waals surface area contributed by atoms with E-state index >= 15 is 0 Å². The van der Waals surface area contributed by atoms with Crippen molar-refractivity contribution in [2.24, 2.45) is 5.50 Å². The number of hydrogen-bond acceptors (Lipinski definition) is 8. The lowest BCUT2D eigenvalue weighted by Gasteiger charge is -2.14. The highest BCUT2D eigenvalue weighted by atomic mass is 31.2. The Morgan fingerprint density at radius 1 is 1.03 bits per heavy atom. The van der Waals surface area contributed by atoms with Crippen LogP contribution in [0.4, 0.5) is 4.39 Å². The molecular weight excluding hydrogens is 484 g/mol. The van der Waals surface area contributed by atoms with Crippen molar-refractivity contribution in [3.63, 3.8) is 0 Å². The Kier molecular flexibility index (Phi) is 15.3. The number of aliphatic carboxylic acids is 1. The van der Waals surface area contributed by atoms with Crippen LogP contribution in [0.3, 0.4) is 0 Å². The number of unbranched alkanes of at least 4 members (excludes halogenated alkanes) is 3. The summed E-state index contributed by atoms with van der Waals surface area (Å²) in [6.07, 6.45) is 4.12. The minimum atomic E-state index is -1.88. The van der Waals surface area contributed by atoms with Gasteiger partial charge in [0.2, 0.25) is 26.3 Å². The number of rotatable bonds is 18. The lowest BCUT2D eigenvalue weighted by atomic mass is 10.1. The average molecular weight is 517 g/mol. The number of hydrogen-bond donors (Lipinski definition) is 6. The Morgan fingerprint density at radius 3 is 2.40 bits per heavy atom. The third-order valence-corrected chi connectivity index (χ3v) is 5.21. The van der Waals surface area contributed by atoms with Gasteiger partial charge in [0.1, 0.15) is 6.04 Å². The van der Waals surface area contributed by atoms with Gasteiger partial charge in [-0.2, -0.15) is 4.39 Å². The summed E-state index contributed by atoms with van der Waals surface area (Å²) in [5.74, 6) is -3.01. The van der Waals surface area contributed by atoms with Gasteiger partial charge in [0, 0.05) is 32.1 Å². The van der Waals surface area contributed by atoms with Crippen LogP contribution in [-0.4, -0.2) is 64.4 Å². The smallest absolute Gasteiger partial charge is 0.326 e. The first-order chi connectivity index (χ1) is 16.7. The Labute approximate surface area is 204 Å². The molecule has 3 amide bonds. The summed E-state index contributed by atoms with van der Waals surface area (Å²) < 4.78 is 17.6. The number of aromatic nitrogens is 1. The van der Waals surface area contributed by atoms with E-state index in [4.69, 9.17) is 14.9 Å². The third kappa shape index (κ3) is 15.0. The van der Waals surface area contributed by atoms with Crippen molar-refractivity contribution < 1.29 is 38.1 Å². The summed E-state index contributed by atoms with van der Waals surface area (Å²) in [5, 5.41) is 17.1. The standard InChI is InChI=1S/C21H33FN5O7P/c22-17-9-7-15(14-26-17)20(30)25-12-3-1-2-6-19(29)27-16(21(31)32)8-10-18(28)24-11-4-5-13-34-35(23)33/h7,9,14,16,33H,1-6,8,10-13,23H2,(H,24,28)(H,25,30)(H,27,29)(H,31,32). The fraction of sp³-hybridized carbons (Fsp3) is 0.571. The van der Waals surface area contributed by atoms with Crippen molar-refractivity contribution in [1.29, 1.82) is 0 Å². The topological polar surface area (TPSA) is 193 Å². The van der Waals surface area contributed by atoms with Gasteiger partial charge < -0.3 is 30.5 Å².